The molecule has 0 spiro atoms. The van der Waals surface area contributed by atoms with Gasteiger partial charge in [0.05, 0.1) is 5.69 Å². The monoisotopic (exact) mass is 271 g/mol. The molecule has 5 nitrogen and oxygen atoms in total. The smallest absolute Gasteiger partial charge is 0.311 e. The van der Waals surface area contributed by atoms with Crippen molar-refractivity contribution in [3.8, 4) is 5.82 Å². The fourth-order valence-corrected chi connectivity index (χ4v) is 1.43. The highest BCUT2D eigenvalue weighted by molar-refractivity contribution is 5.22. The van der Waals surface area contributed by atoms with Crippen LogP contribution in [0.3, 0.4) is 0 Å². The summed E-state index contributed by atoms with van der Waals surface area (Å²) >= 11 is 0. The zero-order valence-electron chi connectivity index (χ0n) is 10.1. The number of nitrogens with zero attached hydrogens (tertiary/aromatic N) is 4. The van der Waals surface area contributed by atoms with Crippen LogP contribution in [0.1, 0.15) is 18.3 Å². The third kappa shape index (κ3) is 3.28. The molecule has 0 amide bonds. The minimum atomic E-state index is -4.45. The van der Waals surface area contributed by atoms with E-state index in [-0.39, 0.29) is 5.82 Å². The van der Waals surface area contributed by atoms with Crippen LogP contribution >= 0.6 is 0 Å². The van der Waals surface area contributed by atoms with Gasteiger partial charge in [-0.15, -0.1) is 5.10 Å². The van der Waals surface area contributed by atoms with Crippen LogP contribution in [0.25, 0.3) is 5.82 Å². The van der Waals surface area contributed by atoms with E-state index >= 15 is 0 Å². The Bertz CT molecular complexity index is 532. The van der Waals surface area contributed by atoms with Gasteiger partial charge in [0.2, 0.25) is 0 Å². The number of halogens is 3. The van der Waals surface area contributed by atoms with Gasteiger partial charge in [-0.3, -0.25) is 0 Å². The van der Waals surface area contributed by atoms with E-state index in [1.807, 2.05) is 6.92 Å². The van der Waals surface area contributed by atoms with Crippen molar-refractivity contribution in [1.29, 1.82) is 0 Å². The minimum absolute atomic E-state index is 0.246. The number of hydrogen-bond donors (Lipinski definition) is 1. The van der Waals surface area contributed by atoms with Crippen molar-refractivity contribution in [1.82, 2.24) is 25.3 Å². The Balaban J connectivity index is 2.16. The van der Waals surface area contributed by atoms with E-state index in [9.17, 15) is 13.2 Å². The molecule has 2 aromatic heterocycles. The Kier molecular flexibility index (Phi) is 3.79. The van der Waals surface area contributed by atoms with Gasteiger partial charge >= 0.3 is 6.18 Å². The summed E-state index contributed by atoms with van der Waals surface area (Å²) < 4.78 is 38.2. The van der Waals surface area contributed by atoms with Gasteiger partial charge < -0.3 is 5.32 Å². The van der Waals surface area contributed by atoms with Crippen molar-refractivity contribution >= 4 is 0 Å². The zero-order chi connectivity index (χ0) is 13.9. The Hall–Kier alpha value is -1.96. The number of rotatable bonds is 4. The van der Waals surface area contributed by atoms with Crippen molar-refractivity contribution in [2.24, 2.45) is 0 Å². The quantitative estimate of drug-likeness (QED) is 0.921. The lowest BCUT2D eigenvalue weighted by Crippen LogP contribution is -2.14. The Morgan fingerprint density at radius 3 is 2.53 bits per heavy atom. The molecule has 0 aliphatic carbocycles. The fourth-order valence-electron chi connectivity index (χ4n) is 1.43. The molecule has 0 atom stereocenters. The van der Waals surface area contributed by atoms with Crippen molar-refractivity contribution in [3.63, 3.8) is 0 Å². The highest BCUT2D eigenvalue weighted by Crippen LogP contribution is 2.27. The summed E-state index contributed by atoms with van der Waals surface area (Å²) in [7, 11) is 0. The molecule has 2 heterocycles. The second-order valence-electron chi connectivity index (χ2n) is 3.81. The molecule has 0 saturated carbocycles. The van der Waals surface area contributed by atoms with Gasteiger partial charge in [0.1, 0.15) is 0 Å². The van der Waals surface area contributed by atoms with Crippen LogP contribution in [0.2, 0.25) is 0 Å². The number of nitrogens with one attached hydrogen (secondary N) is 1. The van der Waals surface area contributed by atoms with E-state index in [1.165, 1.54) is 6.20 Å². The third-order valence-electron chi connectivity index (χ3n) is 2.38. The van der Waals surface area contributed by atoms with Crippen LogP contribution in [0.5, 0.6) is 0 Å². The lowest BCUT2D eigenvalue weighted by Gasteiger charge is -2.03. The molecule has 0 unspecified atom stereocenters. The van der Waals surface area contributed by atoms with E-state index in [0.717, 1.165) is 17.3 Å². The lowest BCUT2D eigenvalue weighted by atomic mass is 10.4. The van der Waals surface area contributed by atoms with Crippen molar-refractivity contribution in [2.45, 2.75) is 19.6 Å². The van der Waals surface area contributed by atoms with E-state index in [1.54, 1.807) is 12.1 Å². The summed E-state index contributed by atoms with van der Waals surface area (Å²) in [4.78, 5) is 0. The summed E-state index contributed by atoms with van der Waals surface area (Å²) in [6.45, 7) is 3.33. The molecule has 8 heteroatoms. The number of aromatic nitrogens is 4. The van der Waals surface area contributed by atoms with Crippen molar-refractivity contribution in [2.75, 3.05) is 6.54 Å². The van der Waals surface area contributed by atoms with Gasteiger partial charge in [0.25, 0.3) is 0 Å². The van der Waals surface area contributed by atoms with Gasteiger partial charge in [-0.25, -0.2) is 4.68 Å². The predicted molar refractivity (Wildman–Crippen MR) is 61.5 cm³/mol. The second kappa shape index (κ2) is 5.35. The highest BCUT2D eigenvalue weighted by Gasteiger charge is 2.33. The Morgan fingerprint density at radius 1 is 1.21 bits per heavy atom. The first-order valence-corrected chi connectivity index (χ1v) is 5.67. The highest BCUT2D eigenvalue weighted by atomic mass is 19.4. The molecule has 2 rings (SSSR count). The minimum Gasteiger partial charge on any atom is -0.311 e. The van der Waals surface area contributed by atoms with E-state index in [2.05, 4.69) is 20.6 Å². The Labute approximate surface area is 107 Å². The van der Waals surface area contributed by atoms with Crippen LogP contribution in [0, 0.1) is 0 Å². The van der Waals surface area contributed by atoms with Crippen LogP contribution in [0.15, 0.2) is 24.4 Å². The standard InChI is InChI=1S/C11H12F3N5/c1-2-15-7-8-3-4-10(17-16-8)19-6-5-9(18-19)11(12,13)14/h3-6,15H,2,7H2,1H3. The van der Waals surface area contributed by atoms with Crippen LogP contribution in [-0.4, -0.2) is 26.5 Å². The lowest BCUT2D eigenvalue weighted by molar-refractivity contribution is -0.141. The molecule has 1 N–H and O–H groups in total. The van der Waals surface area contributed by atoms with Gasteiger partial charge in [0, 0.05) is 12.7 Å². The van der Waals surface area contributed by atoms with Crippen molar-refractivity contribution in [3.05, 3.63) is 35.8 Å². The third-order valence-corrected chi connectivity index (χ3v) is 2.38. The topological polar surface area (TPSA) is 55.6 Å². The molecule has 0 aliphatic heterocycles. The van der Waals surface area contributed by atoms with Crippen LogP contribution in [0.4, 0.5) is 13.2 Å². The molecule has 0 aromatic carbocycles. The molecule has 0 bridgehead atoms. The average molecular weight is 271 g/mol. The molecular weight excluding hydrogens is 259 g/mol. The molecule has 19 heavy (non-hydrogen) atoms. The maximum absolute atomic E-state index is 12.4. The van der Waals surface area contributed by atoms with E-state index < -0.39 is 11.9 Å². The average Bonchev–Trinajstić information content (AvgIpc) is 2.86. The number of alkyl halides is 3. The van der Waals surface area contributed by atoms with Crippen LogP contribution in [-0.2, 0) is 12.7 Å². The molecule has 0 radical (unpaired) electrons. The molecule has 2 aromatic rings. The summed E-state index contributed by atoms with van der Waals surface area (Å²) in [5, 5.41) is 14.2. The molecular formula is C11H12F3N5. The normalized spacial score (nSPS) is 11.8. The SMILES string of the molecule is CCNCc1ccc(-n2ccc(C(F)(F)F)n2)nn1. The summed E-state index contributed by atoms with van der Waals surface area (Å²) in [5.74, 6) is 0.246. The second-order valence-corrected chi connectivity index (χ2v) is 3.81. The van der Waals surface area contributed by atoms with Gasteiger partial charge in [-0.2, -0.15) is 23.4 Å². The first-order valence-electron chi connectivity index (χ1n) is 5.67. The first kappa shape index (κ1) is 13.5. The van der Waals surface area contributed by atoms with Gasteiger partial charge in [0.15, 0.2) is 11.5 Å². The molecule has 0 saturated heterocycles. The van der Waals surface area contributed by atoms with E-state index in [0.29, 0.717) is 12.2 Å². The maximum atomic E-state index is 12.4. The summed E-state index contributed by atoms with van der Waals surface area (Å²) in [5.41, 5.74) is -0.236. The number of hydrogen-bond acceptors (Lipinski definition) is 4. The predicted octanol–water partition coefficient (Wildman–Crippen LogP) is 1.79. The molecule has 0 fully saturated rings. The largest absolute Gasteiger partial charge is 0.435 e. The molecule has 102 valence electrons. The van der Waals surface area contributed by atoms with Crippen molar-refractivity contribution < 1.29 is 13.2 Å². The van der Waals surface area contributed by atoms with E-state index in [4.69, 9.17) is 0 Å². The van der Waals surface area contributed by atoms with Gasteiger partial charge in [-0.1, -0.05) is 6.92 Å². The summed E-state index contributed by atoms with van der Waals surface area (Å²) in [6, 6.07) is 4.17. The first-order chi connectivity index (χ1) is 9.00. The maximum Gasteiger partial charge on any atom is 0.435 e. The molecule has 0 aliphatic rings. The summed E-state index contributed by atoms with van der Waals surface area (Å²) in [6.07, 6.45) is -3.25. The van der Waals surface area contributed by atoms with Gasteiger partial charge in [-0.05, 0) is 24.7 Å². The zero-order valence-corrected chi connectivity index (χ0v) is 10.1. The Morgan fingerprint density at radius 2 is 2.00 bits per heavy atom. The van der Waals surface area contributed by atoms with Crippen LogP contribution < -0.4 is 5.32 Å². The fraction of sp³-hybridized carbons (Fsp3) is 0.364.